The normalized spacial score (nSPS) is 21.1. The highest BCUT2D eigenvalue weighted by Crippen LogP contribution is 2.44. The molecule has 3 saturated heterocycles. The van der Waals surface area contributed by atoms with Crippen LogP contribution in [0.15, 0.2) is 111 Å². The van der Waals surface area contributed by atoms with E-state index in [1.807, 2.05) is 28.0 Å². The number of allylic oxidation sites excluding steroid dienone is 1. The van der Waals surface area contributed by atoms with E-state index in [1.54, 1.807) is 19.3 Å². The molecule has 0 saturated carbocycles. The number of hydrogen-bond donors (Lipinski definition) is 4. The predicted octanol–water partition coefficient (Wildman–Crippen LogP) is 11.1. The van der Waals surface area contributed by atoms with Crippen LogP contribution in [0.4, 0.5) is 43.8 Å². The lowest BCUT2D eigenvalue weighted by molar-refractivity contribution is -0.220. The van der Waals surface area contributed by atoms with Gasteiger partial charge in [0.05, 0.1) is 64.4 Å². The van der Waals surface area contributed by atoms with Gasteiger partial charge in [0.2, 0.25) is 17.6 Å². The van der Waals surface area contributed by atoms with Crippen LogP contribution in [0.25, 0.3) is 17.5 Å². The van der Waals surface area contributed by atoms with Gasteiger partial charge in [-0.2, -0.15) is 77.0 Å². The molecular weight excluding hydrogens is 1730 g/mol. The van der Waals surface area contributed by atoms with Crippen molar-refractivity contribution < 1.29 is 106 Å². The molecule has 3 atom stereocenters. The van der Waals surface area contributed by atoms with Crippen LogP contribution < -0.4 is 43.1 Å². The summed E-state index contributed by atoms with van der Waals surface area (Å²) in [6.45, 7) is 10.1. The molecule has 0 aromatic carbocycles. The van der Waals surface area contributed by atoms with Crippen molar-refractivity contribution in [1.29, 1.82) is 0 Å². The summed E-state index contributed by atoms with van der Waals surface area (Å²) in [6, 6.07) is 11.9. The molecule has 12 rings (SSSR count). The quantitative estimate of drug-likeness (QED) is 0.0386. The zero-order chi connectivity index (χ0) is 102. The van der Waals surface area contributed by atoms with Gasteiger partial charge in [0.15, 0.2) is 17.5 Å². The van der Waals surface area contributed by atoms with E-state index in [-0.39, 0.29) is 168 Å². The number of carbonyl (C=O) groups excluding carboxylic acids is 3. The number of sulfonamides is 3. The summed E-state index contributed by atoms with van der Waals surface area (Å²) in [5, 5.41) is 30.1. The fourth-order valence-corrected chi connectivity index (χ4v) is 16.1. The Balaban J connectivity index is 0.000000279. The first-order valence-corrected chi connectivity index (χ1v) is 41.4. The number of rotatable bonds is 25. The summed E-state index contributed by atoms with van der Waals surface area (Å²) in [7, 11) is -10.1. The molecule has 4 aliphatic heterocycles. The van der Waals surface area contributed by atoms with Crippen LogP contribution >= 0.6 is 40.5 Å². The van der Waals surface area contributed by atoms with E-state index in [0.717, 1.165) is 37.1 Å². The van der Waals surface area contributed by atoms with E-state index in [2.05, 4.69) is 45.4 Å². The minimum absolute atomic E-state index is 0. The van der Waals surface area contributed by atoms with Crippen LogP contribution in [0, 0.1) is 47.8 Å². The van der Waals surface area contributed by atoms with Crippen LogP contribution in [-0.2, 0) is 44.2 Å². The van der Waals surface area contributed by atoms with E-state index in [1.165, 1.54) is 178 Å². The number of ether oxygens (including phenoxy) is 3. The third-order valence-corrected chi connectivity index (χ3v) is 23.7. The fourth-order valence-electron chi connectivity index (χ4n) is 12.5. The average molecular weight is 1860 g/mol. The zero-order valence-electron chi connectivity index (χ0n) is 85.0. The Labute approximate surface area is 754 Å². The van der Waals surface area contributed by atoms with Crippen molar-refractivity contribution in [3.63, 3.8) is 0 Å². The molecule has 0 unspecified atom stereocenters. The Hall–Kier alpha value is -9.44. The van der Waals surface area contributed by atoms with Gasteiger partial charge in [-0.25, -0.2) is 68.4 Å². The van der Waals surface area contributed by atoms with Crippen molar-refractivity contribution in [2.24, 2.45) is 53.1 Å². The van der Waals surface area contributed by atoms with Crippen LogP contribution in [0.3, 0.4) is 0 Å². The second-order valence-electron chi connectivity index (χ2n) is 32.3. The number of aromatic nitrogens is 13. The first kappa shape index (κ1) is 79.5. The minimum atomic E-state index is -4.54. The summed E-state index contributed by atoms with van der Waals surface area (Å²) in [6.07, 6.45) is -7.98. The zero-order valence-corrected chi connectivity index (χ0v) is 75.4. The van der Waals surface area contributed by atoms with Gasteiger partial charge >= 0.3 is 12.4 Å². The largest absolute Gasteiger partial charge is 0.476 e. The molecule has 678 valence electrons. The smallest absolute Gasteiger partial charge is 0.397 e. The van der Waals surface area contributed by atoms with Gasteiger partial charge in [-0.1, -0.05) is 34.4 Å². The maximum atomic E-state index is 13.6. The Morgan fingerprint density at radius 1 is 0.504 bits per heavy atom. The monoisotopic (exact) mass is 1860 g/mol. The minimum Gasteiger partial charge on any atom is -0.476 e. The highest BCUT2D eigenvalue weighted by atomic mass is 32.2. The molecule has 4 aliphatic rings. The van der Waals surface area contributed by atoms with Gasteiger partial charge in [0.1, 0.15) is 45.4 Å². The number of alkyl halides is 6. The van der Waals surface area contributed by atoms with Gasteiger partial charge in [-0.15, -0.1) is 15.3 Å². The molecule has 8 aromatic rings. The molecule has 4 N–H and O–H groups in total. The Morgan fingerprint density at radius 2 is 0.813 bits per heavy atom. The number of nitrogens with zero attached hydrogens (tertiary/aromatic N) is 17. The van der Waals surface area contributed by atoms with Crippen molar-refractivity contribution in [2.45, 2.75) is 182 Å². The molecular formula is C78H110F6N20O13S6. The second-order valence-corrected chi connectivity index (χ2v) is 37.2. The number of nitrogens with one attached hydrogen (secondary N) is 3. The number of carbonyl (C=O) groups is 3. The van der Waals surface area contributed by atoms with Crippen LogP contribution in [0.1, 0.15) is 193 Å². The maximum Gasteiger partial charge on any atom is 0.397 e. The van der Waals surface area contributed by atoms with Crippen molar-refractivity contribution >= 4 is 111 Å². The standard InChI is InChI=1S/C26H34F3N7O4S.C26H33F3N6O4S.C26H37N7O5S.3H2S/c1-16-12-25(5,6)35(13-16)22-18(23(37)33-41(38,39)19-14-34(7)31-17(19)2)8-9-20(30-22)36-11-10-21(32-36)40-15-24(3,4)26(27,28)29;1-16-13-25(5,6)34(14-16)22-18(23(36)33-40(37,38)19-9-11-30-17(19)2)7-8-20(31-22)35-12-10-21(32-35)39-15-24(3,4)26(27,28)29;1-17-12-26(5,6)32(13-17)23-19(24(35)30-39(36,37)20-14-31(7)28-18(20)2)8-9-21(27-23)33-11-10-22(29-33)38-16-25(3,4)15-34;;;/h8-11,14,16H,12-13,15H2,1-7H3,(H,33,37);7-10,12,16H,11,13-15H2,1-6H3,(H,33,36);8-11,14,17,34H,12-13,15-16H2,1-7H3,(H,30,35);3*1H2/t2*16-;17-;;;/m000.../s1/i1D3,12D2;1D3,13D2;1D3,12D2;;;. The number of aryl methyl sites for hydroxylation is 4. The summed E-state index contributed by atoms with van der Waals surface area (Å²) >= 11 is 0. The Bertz CT molecular complexity index is 6280. The fraction of sp³-hybridized carbons (Fsp3) is 0.538. The summed E-state index contributed by atoms with van der Waals surface area (Å²) < 4.78 is 311. The number of amides is 3. The first-order chi connectivity index (χ1) is 61.3. The molecule has 12 heterocycles. The summed E-state index contributed by atoms with van der Waals surface area (Å²) in [4.78, 5) is 61.5. The lowest BCUT2D eigenvalue weighted by Crippen LogP contribution is -2.41. The molecule has 0 spiro atoms. The number of aliphatic hydroxyl groups excluding tert-OH is 1. The number of anilines is 3. The molecule has 0 bridgehead atoms. The number of hydrogen-bond acceptors (Lipinski definition) is 25. The van der Waals surface area contributed by atoms with Gasteiger partial charge in [0, 0.05) is 126 Å². The van der Waals surface area contributed by atoms with Crippen LogP contribution in [0.2, 0.25) is 0 Å². The molecule has 8 aromatic heterocycles. The molecule has 33 nitrogen and oxygen atoms in total. The number of aliphatic imine (C=N–C) groups is 1. The molecule has 3 fully saturated rings. The highest BCUT2D eigenvalue weighted by molar-refractivity contribution is 7.95. The predicted molar refractivity (Wildman–Crippen MR) is 466 cm³/mol. The molecule has 123 heavy (non-hydrogen) atoms. The molecule has 0 aliphatic carbocycles. The molecule has 0 radical (unpaired) electrons. The summed E-state index contributed by atoms with van der Waals surface area (Å²) in [5.74, 6) is -8.28. The molecule has 45 heteroatoms. The van der Waals surface area contributed by atoms with E-state index < -0.39 is 177 Å². The maximum absolute atomic E-state index is 13.6. The van der Waals surface area contributed by atoms with Crippen molar-refractivity contribution in [3.05, 3.63) is 125 Å². The Kier molecular flexibility index (Phi) is 24.2. The molecule has 3 amide bonds. The lowest BCUT2D eigenvalue weighted by Gasteiger charge is -2.34. The van der Waals surface area contributed by atoms with Crippen LogP contribution in [-0.4, -0.2) is 199 Å². The Morgan fingerprint density at radius 3 is 1.07 bits per heavy atom. The van der Waals surface area contributed by atoms with E-state index in [9.17, 15) is 71.1 Å². The third kappa shape index (κ3) is 23.2. The lowest BCUT2D eigenvalue weighted by atomic mass is 9.94. The number of aliphatic hydroxyl groups is 1. The van der Waals surface area contributed by atoms with Crippen molar-refractivity contribution in [1.82, 2.24) is 78.0 Å². The van der Waals surface area contributed by atoms with Crippen molar-refractivity contribution in [3.8, 4) is 35.1 Å². The first-order valence-electron chi connectivity index (χ1n) is 44.4. The summed E-state index contributed by atoms with van der Waals surface area (Å²) in [5.41, 5.74) is -9.83. The van der Waals surface area contributed by atoms with Gasteiger partial charge in [-0.3, -0.25) is 28.7 Å². The average Bonchev–Trinajstić information content (AvgIpc) is 1.57. The number of halogens is 6. The van der Waals surface area contributed by atoms with E-state index >= 15 is 0 Å². The SMILES string of the molecule is S.S.S.[2H]C([2H])([2H])[C@@H]1CN(c2nc(-n3ccc(OCC(C)(C)C(F)(F)F)n3)ccc2C(=O)NS(=O)(=O)C2=CCN=C2C)C(C)(C)C1([2H])[2H].[2H]C([2H])([2H])[C@@H]1CN(c2nc(-n3ccc(OCC(C)(C)C(F)(F)F)n3)ccc2C(=O)NS(=O)(=O)c2cn(C)nc2C)C(C)(C)C1([2H])[2H].[2H]C([2H])([2H])[C@@H]1CN(c2nc(-n3ccc(OCC(C)(C)CO)n3)ccc2C(=O)NS(=O)(=O)c2cn(C)nc2C)C(C)(C)C1([2H])[2H]. The van der Waals surface area contributed by atoms with Gasteiger partial charge < -0.3 is 34.0 Å². The van der Waals surface area contributed by atoms with Crippen LogP contribution in [0.5, 0.6) is 17.6 Å². The van der Waals surface area contributed by atoms with Crippen molar-refractivity contribution in [2.75, 3.05) is 67.3 Å². The number of pyridine rings is 3. The van der Waals surface area contributed by atoms with E-state index in [0.29, 0.717) is 0 Å². The highest BCUT2D eigenvalue weighted by Gasteiger charge is 2.50. The van der Waals surface area contributed by atoms with E-state index in [4.69, 9.17) is 34.8 Å². The topological polar surface area (TPSA) is 387 Å². The van der Waals surface area contributed by atoms with Gasteiger partial charge in [-0.05, 0) is 169 Å². The second kappa shape index (κ2) is 37.4. The third-order valence-electron chi connectivity index (χ3n) is 19.4. The van der Waals surface area contributed by atoms with Gasteiger partial charge in [0.25, 0.3) is 47.8 Å².